The maximum Gasteiger partial charge on any atom is 0.265 e. The molecular formula is C16H17BrN2O5S2. The van der Waals surface area contributed by atoms with Crippen LogP contribution in [0.1, 0.15) is 12.8 Å². The molecule has 1 aliphatic rings. The van der Waals surface area contributed by atoms with Gasteiger partial charge in [0.1, 0.15) is 10.6 Å². The molecule has 0 atom stereocenters. The summed E-state index contributed by atoms with van der Waals surface area (Å²) in [5, 5.41) is 0. The number of hydrogen-bond acceptors (Lipinski definition) is 5. The lowest BCUT2D eigenvalue weighted by Crippen LogP contribution is -2.25. The van der Waals surface area contributed by atoms with E-state index in [4.69, 9.17) is 4.74 Å². The molecule has 0 radical (unpaired) electrons. The van der Waals surface area contributed by atoms with Crippen molar-refractivity contribution in [1.82, 2.24) is 4.72 Å². The average Bonchev–Trinajstić information content (AvgIpc) is 3.38. The van der Waals surface area contributed by atoms with Crippen molar-refractivity contribution in [3.63, 3.8) is 0 Å². The van der Waals surface area contributed by atoms with Crippen LogP contribution in [0.4, 0.5) is 5.69 Å². The van der Waals surface area contributed by atoms with E-state index in [9.17, 15) is 16.8 Å². The lowest BCUT2D eigenvalue weighted by molar-refractivity contribution is 0.403. The van der Waals surface area contributed by atoms with Gasteiger partial charge in [-0.2, -0.15) is 0 Å². The van der Waals surface area contributed by atoms with E-state index in [1.165, 1.54) is 43.5 Å². The fourth-order valence-electron chi connectivity index (χ4n) is 2.26. The van der Waals surface area contributed by atoms with E-state index in [0.29, 0.717) is 4.47 Å². The van der Waals surface area contributed by atoms with Crippen molar-refractivity contribution in [2.24, 2.45) is 0 Å². The summed E-state index contributed by atoms with van der Waals surface area (Å²) in [7, 11) is -6.10. The molecule has 0 amide bonds. The fraction of sp³-hybridized carbons (Fsp3) is 0.250. The second-order valence-electron chi connectivity index (χ2n) is 5.82. The quantitative estimate of drug-likeness (QED) is 0.661. The molecule has 140 valence electrons. The summed E-state index contributed by atoms with van der Waals surface area (Å²) in [4.78, 5) is 0.0638. The van der Waals surface area contributed by atoms with Crippen LogP contribution in [-0.4, -0.2) is 30.0 Å². The third-order valence-electron chi connectivity index (χ3n) is 3.73. The van der Waals surface area contributed by atoms with Gasteiger partial charge < -0.3 is 4.74 Å². The van der Waals surface area contributed by atoms with Crippen molar-refractivity contribution < 1.29 is 21.6 Å². The van der Waals surface area contributed by atoms with Crippen molar-refractivity contribution in [1.29, 1.82) is 0 Å². The van der Waals surface area contributed by atoms with Gasteiger partial charge in [-0.15, -0.1) is 0 Å². The highest BCUT2D eigenvalue weighted by Gasteiger charge is 2.28. The van der Waals surface area contributed by atoms with Gasteiger partial charge >= 0.3 is 0 Å². The number of rotatable bonds is 7. The zero-order valence-corrected chi connectivity index (χ0v) is 17.0. The van der Waals surface area contributed by atoms with Crippen LogP contribution < -0.4 is 14.2 Å². The molecule has 10 heteroatoms. The number of halogens is 1. The number of anilines is 1. The van der Waals surface area contributed by atoms with Crippen molar-refractivity contribution in [2.75, 3.05) is 11.8 Å². The van der Waals surface area contributed by atoms with Crippen LogP contribution in [0, 0.1) is 0 Å². The Balaban J connectivity index is 1.83. The van der Waals surface area contributed by atoms with Gasteiger partial charge in [0.2, 0.25) is 10.0 Å². The van der Waals surface area contributed by atoms with Crippen LogP contribution in [0.3, 0.4) is 0 Å². The van der Waals surface area contributed by atoms with Crippen molar-refractivity contribution in [2.45, 2.75) is 28.7 Å². The topological polar surface area (TPSA) is 102 Å². The first-order valence-corrected chi connectivity index (χ1v) is 11.5. The zero-order valence-electron chi connectivity index (χ0n) is 13.8. The van der Waals surface area contributed by atoms with Gasteiger partial charge in [-0.1, -0.05) is 15.9 Å². The molecule has 1 saturated carbocycles. The minimum absolute atomic E-state index is 0.00201. The lowest BCUT2D eigenvalue weighted by Gasteiger charge is -2.12. The monoisotopic (exact) mass is 460 g/mol. The Hall–Kier alpha value is -1.62. The zero-order chi connectivity index (χ0) is 18.9. The van der Waals surface area contributed by atoms with E-state index in [-0.39, 0.29) is 27.3 Å². The Morgan fingerprint density at radius 2 is 1.65 bits per heavy atom. The molecule has 0 heterocycles. The Bertz CT molecular complexity index is 1020. The highest BCUT2D eigenvalue weighted by atomic mass is 79.9. The van der Waals surface area contributed by atoms with Gasteiger partial charge in [0, 0.05) is 16.2 Å². The smallest absolute Gasteiger partial charge is 0.265 e. The van der Waals surface area contributed by atoms with Crippen LogP contribution in [-0.2, 0) is 20.0 Å². The van der Waals surface area contributed by atoms with Crippen molar-refractivity contribution in [3.8, 4) is 5.75 Å². The number of hydrogen-bond donors (Lipinski definition) is 2. The van der Waals surface area contributed by atoms with Crippen molar-refractivity contribution >= 4 is 41.7 Å². The van der Waals surface area contributed by atoms with E-state index in [2.05, 4.69) is 25.4 Å². The number of methoxy groups -OCH3 is 1. The minimum Gasteiger partial charge on any atom is -0.495 e. The molecule has 26 heavy (non-hydrogen) atoms. The molecular weight excluding hydrogens is 444 g/mol. The average molecular weight is 461 g/mol. The summed E-state index contributed by atoms with van der Waals surface area (Å²) in [5.41, 5.74) is 0.248. The molecule has 2 aromatic rings. The lowest BCUT2D eigenvalue weighted by atomic mass is 10.3. The number of benzene rings is 2. The largest absolute Gasteiger partial charge is 0.495 e. The molecule has 7 nitrogen and oxygen atoms in total. The van der Waals surface area contributed by atoms with E-state index < -0.39 is 20.0 Å². The highest BCUT2D eigenvalue weighted by Crippen LogP contribution is 2.29. The summed E-state index contributed by atoms with van der Waals surface area (Å²) in [5.74, 6) is 0.202. The van der Waals surface area contributed by atoms with Crippen LogP contribution in [0.5, 0.6) is 5.75 Å². The molecule has 2 aromatic carbocycles. The molecule has 0 bridgehead atoms. The number of nitrogens with one attached hydrogen (secondary N) is 2. The Labute approximate surface area is 161 Å². The Kier molecular flexibility index (Phi) is 5.29. The number of ether oxygens (including phenoxy) is 1. The predicted octanol–water partition coefficient (Wildman–Crippen LogP) is 2.70. The van der Waals surface area contributed by atoms with Gasteiger partial charge in [-0.3, -0.25) is 4.72 Å². The molecule has 0 aliphatic heterocycles. The van der Waals surface area contributed by atoms with E-state index in [1.807, 2.05) is 0 Å². The van der Waals surface area contributed by atoms with Crippen molar-refractivity contribution in [3.05, 3.63) is 46.9 Å². The highest BCUT2D eigenvalue weighted by molar-refractivity contribution is 9.10. The summed E-state index contributed by atoms with van der Waals surface area (Å²) >= 11 is 3.24. The van der Waals surface area contributed by atoms with Crippen LogP contribution in [0.2, 0.25) is 0 Å². The van der Waals surface area contributed by atoms with Crippen LogP contribution in [0.15, 0.2) is 56.7 Å². The third kappa shape index (κ3) is 4.37. The fourth-order valence-corrected chi connectivity index (χ4v) is 5.33. The van der Waals surface area contributed by atoms with Crippen LogP contribution >= 0.6 is 15.9 Å². The van der Waals surface area contributed by atoms with Gasteiger partial charge in [-0.25, -0.2) is 21.6 Å². The van der Waals surface area contributed by atoms with Gasteiger partial charge in [0.05, 0.1) is 12.0 Å². The molecule has 2 N–H and O–H groups in total. The summed E-state index contributed by atoms with van der Waals surface area (Å²) in [6.45, 7) is 0. The first kappa shape index (κ1) is 19.2. The standard InChI is InChI=1S/C16H17BrN2O5S2/c1-24-15-9-2-11(17)10-16(15)26(22,23)19-13-5-7-14(8-6-13)25(20,21)18-12-3-4-12/h2,5-10,12,18-19H,3-4H2,1H3. The predicted molar refractivity (Wildman–Crippen MR) is 101 cm³/mol. The molecule has 0 saturated heterocycles. The van der Waals surface area contributed by atoms with E-state index in [1.54, 1.807) is 6.07 Å². The maximum absolute atomic E-state index is 12.6. The third-order valence-corrected chi connectivity index (χ3v) is 7.16. The summed E-state index contributed by atoms with van der Waals surface area (Å²) in [6.07, 6.45) is 1.68. The SMILES string of the molecule is COc1ccc(Br)cc1S(=O)(=O)Nc1ccc(S(=O)(=O)NC2CC2)cc1. The van der Waals surface area contributed by atoms with E-state index >= 15 is 0 Å². The van der Waals surface area contributed by atoms with Gasteiger partial charge in [0.15, 0.2) is 0 Å². The second kappa shape index (κ2) is 7.18. The Morgan fingerprint density at radius 3 is 2.23 bits per heavy atom. The summed E-state index contributed by atoms with van der Waals surface area (Å²) < 4.78 is 60.2. The van der Waals surface area contributed by atoms with Gasteiger partial charge in [0.25, 0.3) is 10.0 Å². The summed E-state index contributed by atoms with van der Waals surface area (Å²) in [6, 6.07) is 10.2. The minimum atomic E-state index is -3.91. The van der Waals surface area contributed by atoms with Crippen LogP contribution in [0.25, 0.3) is 0 Å². The molecule has 1 aliphatic carbocycles. The molecule has 0 spiro atoms. The maximum atomic E-state index is 12.6. The first-order chi connectivity index (χ1) is 12.2. The normalized spacial score (nSPS) is 14.8. The van der Waals surface area contributed by atoms with Gasteiger partial charge in [-0.05, 0) is 55.3 Å². The molecule has 0 aromatic heterocycles. The molecule has 0 unspecified atom stereocenters. The second-order valence-corrected chi connectivity index (χ2v) is 10.1. The molecule has 3 rings (SSSR count). The molecule has 1 fully saturated rings. The number of sulfonamides is 2. The first-order valence-electron chi connectivity index (χ1n) is 7.70. The Morgan fingerprint density at radius 1 is 1.00 bits per heavy atom. The van der Waals surface area contributed by atoms with E-state index in [0.717, 1.165) is 12.8 Å².